The molecule has 0 spiro atoms. The van der Waals surface area contributed by atoms with Crippen LogP contribution in [0.5, 0.6) is 5.75 Å². The van der Waals surface area contributed by atoms with Crippen molar-refractivity contribution in [2.24, 2.45) is 7.05 Å². The minimum absolute atomic E-state index is 0.360. The van der Waals surface area contributed by atoms with E-state index in [1.807, 2.05) is 38.2 Å². The SMILES string of the molecule is CCOc1ccc(CN2CCCC(OC)C2)cc1-c1cnn(C)c1. The summed E-state index contributed by atoms with van der Waals surface area (Å²) in [7, 11) is 3.75. The van der Waals surface area contributed by atoms with Gasteiger partial charge in [-0.1, -0.05) is 6.07 Å². The molecule has 1 aliphatic rings. The lowest BCUT2D eigenvalue weighted by molar-refractivity contribution is 0.0285. The van der Waals surface area contributed by atoms with Gasteiger partial charge in [0.2, 0.25) is 0 Å². The number of hydrogen-bond donors (Lipinski definition) is 0. The van der Waals surface area contributed by atoms with Gasteiger partial charge < -0.3 is 9.47 Å². The van der Waals surface area contributed by atoms with Crippen molar-refractivity contribution in [1.29, 1.82) is 0 Å². The molecule has 1 aromatic heterocycles. The van der Waals surface area contributed by atoms with Gasteiger partial charge in [-0.2, -0.15) is 5.10 Å². The molecule has 0 aliphatic carbocycles. The van der Waals surface area contributed by atoms with Gasteiger partial charge >= 0.3 is 0 Å². The molecule has 0 amide bonds. The molecule has 1 unspecified atom stereocenters. The highest BCUT2D eigenvalue weighted by Crippen LogP contribution is 2.31. The highest BCUT2D eigenvalue weighted by Gasteiger charge is 2.20. The lowest BCUT2D eigenvalue weighted by atomic mass is 10.0. The first-order valence-corrected chi connectivity index (χ1v) is 8.69. The third kappa shape index (κ3) is 3.97. The van der Waals surface area contributed by atoms with Crippen molar-refractivity contribution in [2.75, 3.05) is 26.8 Å². The van der Waals surface area contributed by atoms with Crippen molar-refractivity contribution in [3.63, 3.8) is 0 Å². The zero-order valence-corrected chi connectivity index (χ0v) is 14.9. The van der Waals surface area contributed by atoms with E-state index in [2.05, 4.69) is 28.2 Å². The van der Waals surface area contributed by atoms with E-state index in [1.54, 1.807) is 0 Å². The Kier molecular flexibility index (Phi) is 5.53. The summed E-state index contributed by atoms with van der Waals surface area (Å²) in [6, 6.07) is 6.48. The van der Waals surface area contributed by atoms with Crippen molar-refractivity contribution >= 4 is 0 Å². The second kappa shape index (κ2) is 7.81. The zero-order chi connectivity index (χ0) is 16.9. The Morgan fingerprint density at radius 2 is 2.21 bits per heavy atom. The molecule has 1 fully saturated rings. The molecule has 1 saturated heterocycles. The number of piperidine rings is 1. The lowest BCUT2D eigenvalue weighted by Gasteiger charge is -2.32. The number of rotatable bonds is 6. The maximum absolute atomic E-state index is 5.81. The average molecular weight is 329 g/mol. The van der Waals surface area contributed by atoms with Crippen molar-refractivity contribution in [3.05, 3.63) is 36.2 Å². The van der Waals surface area contributed by atoms with Gasteiger partial charge in [-0.3, -0.25) is 9.58 Å². The Labute approximate surface area is 144 Å². The maximum atomic E-state index is 5.81. The van der Waals surface area contributed by atoms with Crippen molar-refractivity contribution in [3.8, 4) is 16.9 Å². The number of methoxy groups -OCH3 is 1. The number of likely N-dealkylation sites (tertiary alicyclic amines) is 1. The van der Waals surface area contributed by atoms with Gasteiger partial charge in [0.15, 0.2) is 0 Å². The molecule has 1 atom stereocenters. The molecule has 5 nitrogen and oxygen atoms in total. The van der Waals surface area contributed by atoms with Gasteiger partial charge in [-0.25, -0.2) is 0 Å². The normalized spacial score (nSPS) is 18.7. The zero-order valence-electron chi connectivity index (χ0n) is 14.9. The van der Waals surface area contributed by atoms with Crippen LogP contribution in [-0.4, -0.2) is 47.6 Å². The minimum Gasteiger partial charge on any atom is -0.493 e. The number of aryl methyl sites for hydroxylation is 1. The molecule has 1 aromatic carbocycles. The van der Waals surface area contributed by atoms with Crippen LogP contribution in [0.15, 0.2) is 30.6 Å². The van der Waals surface area contributed by atoms with Crippen LogP contribution >= 0.6 is 0 Å². The monoisotopic (exact) mass is 329 g/mol. The number of hydrogen-bond acceptors (Lipinski definition) is 4. The molecule has 3 rings (SSSR count). The van der Waals surface area contributed by atoms with E-state index in [1.165, 1.54) is 12.0 Å². The van der Waals surface area contributed by atoms with E-state index in [4.69, 9.17) is 9.47 Å². The van der Waals surface area contributed by atoms with Gasteiger partial charge in [0, 0.05) is 44.6 Å². The topological polar surface area (TPSA) is 39.5 Å². The number of ether oxygens (including phenoxy) is 2. The summed E-state index contributed by atoms with van der Waals surface area (Å²) in [5.74, 6) is 0.919. The summed E-state index contributed by atoms with van der Waals surface area (Å²) in [5.41, 5.74) is 3.51. The first-order chi connectivity index (χ1) is 11.7. The predicted octanol–water partition coefficient (Wildman–Crippen LogP) is 3.10. The number of nitrogens with zero attached hydrogens (tertiary/aromatic N) is 3. The second-order valence-electron chi connectivity index (χ2n) is 6.40. The van der Waals surface area contributed by atoms with Crippen LogP contribution in [0, 0.1) is 0 Å². The molecule has 5 heteroatoms. The molecule has 130 valence electrons. The molecule has 1 aliphatic heterocycles. The van der Waals surface area contributed by atoms with E-state index < -0.39 is 0 Å². The molecule has 2 aromatic rings. The fraction of sp³-hybridized carbons (Fsp3) is 0.526. The van der Waals surface area contributed by atoms with Crippen LogP contribution < -0.4 is 4.74 Å². The van der Waals surface area contributed by atoms with Gasteiger partial charge in [-0.15, -0.1) is 0 Å². The van der Waals surface area contributed by atoms with Crippen LogP contribution in [0.2, 0.25) is 0 Å². The van der Waals surface area contributed by atoms with Crippen LogP contribution in [-0.2, 0) is 18.3 Å². The molecule has 24 heavy (non-hydrogen) atoms. The smallest absolute Gasteiger partial charge is 0.127 e. The van der Waals surface area contributed by atoms with Crippen LogP contribution in [0.3, 0.4) is 0 Å². The van der Waals surface area contributed by atoms with Crippen LogP contribution in [0.1, 0.15) is 25.3 Å². The van der Waals surface area contributed by atoms with E-state index >= 15 is 0 Å². The molecular formula is C19H27N3O2. The van der Waals surface area contributed by atoms with E-state index in [-0.39, 0.29) is 0 Å². The minimum atomic E-state index is 0.360. The van der Waals surface area contributed by atoms with Gasteiger partial charge in [0.1, 0.15) is 5.75 Å². The Hall–Kier alpha value is -1.85. The highest BCUT2D eigenvalue weighted by molar-refractivity contribution is 5.70. The molecule has 0 saturated carbocycles. The third-order valence-electron chi connectivity index (χ3n) is 4.56. The quantitative estimate of drug-likeness (QED) is 0.816. The molecule has 0 radical (unpaired) electrons. The summed E-state index contributed by atoms with van der Waals surface area (Å²) in [5, 5.41) is 4.29. The van der Waals surface area contributed by atoms with Crippen molar-refractivity contribution < 1.29 is 9.47 Å². The summed E-state index contributed by atoms with van der Waals surface area (Å²) in [4.78, 5) is 2.47. The fourth-order valence-corrected chi connectivity index (χ4v) is 3.35. The Bertz CT molecular complexity index is 668. The standard InChI is InChI=1S/C19H27N3O2/c1-4-24-19-8-7-15(10-18(19)16-11-20-21(2)13-16)12-22-9-5-6-17(14-22)23-3/h7-8,10-11,13,17H,4-6,9,12,14H2,1-3H3. The summed E-state index contributed by atoms with van der Waals surface area (Å²) in [6.07, 6.45) is 6.65. The Balaban J connectivity index is 1.81. The Morgan fingerprint density at radius 1 is 1.33 bits per heavy atom. The average Bonchev–Trinajstić information content (AvgIpc) is 3.03. The van der Waals surface area contributed by atoms with Crippen molar-refractivity contribution in [1.82, 2.24) is 14.7 Å². The largest absolute Gasteiger partial charge is 0.493 e. The van der Waals surface area contributed by atoms with Gasteiger partial charge in [-0.05, 0) is 44.0 Å². The van der Waals surface area contributed by atoms with Gasteiger partial charge in [0.25, 0.3) is 0 Å². The van der Waals surface area contributed by atoms with Crippen molar-refractivity contribution in [2.45, 2.75) is 32.4 Å². The van der Waals surface area contributed by atoms with E-state index in [9.17, 15) is 0 Å². The highest BCUT2D eigenvalue weighted by atomic mass is 16.5. The van der Waals surface area contributed by atoms with E-state index in [0.717, 1.165) is 42.9 Å². The summed E-state index contributed by atoms with van der Waals surface area (Å²) < 4.78 is 13.2. The van der Waals surface area contributed by atoms with Crippen LogP contribution in [0.25, 0.3) is 11.1 Å². The summed E-state index contributed by atoms with van der Waals surface area (Å²) >= 11 is 0. The lowest BCUT2D eigenvalue weighted by Crippen LogP contribution is -2.38. The molecule has 2 heterocycles. The maximum Gasteiger partial charge on any atom is 0.127 e. The fourth-order valence-electron chi connectivity index (χ4n) is 3.35. The first kappa shape index (κ1) is 17.0. The second-order valence-corrected chi connectivity index (χ2v) is 6.40. The number of benzene rings is 1. The molecular weight excluding hydrogens is 302 g/mol. The van der Waals surface area contributed by atoms with Gasteiger partial charge in [0.05, 0.1) is 18.9 Å². The van der Waals surface area contributed by atoms with E-state index in [0.29, 0.717) is 12.7 Å². The predicted molar refractivity (Wildman–Crippen MR) is 95.1 cm³/mol. The van der Waals surface area contributed by atoms with Crippen LogP contribution in [0.4, 0.5) is 0 Å². The number of aromatic nitrogens is 2. The summed E-state index contributed by atoms with van der Waals surface area (Å²) in [6.45, 7) is 5.76. The molecule has 0 bridgehead atoms. The third-order valence-corrected chi connectivity index (χ3v) is 4.56. The first-order valence-electron chi connectivity index (χ1n) is 8.69. The molecule has 0 N–H and O–H groups in total. The Morgan fingerprint density at radius 3 is 2.92 bits per heavy atom.